The number of rotatable bonds is 2. The van der Waals surface area contributed by atoms with Gasteiger partial charge in [-0.25, -0.2) is 0 Å². The zero-order valence-electron chi connectivity index (χ0n) is 11.7. The van der Waals surface area contributed by atoms with Crippen LogP contribution in [0.25, 0.3) is 0 Å². The van der Waals surface area contributed by atoms with Crippen LogP contribution >= 0.6 is 11.6 Å². The molecule has 0 bridgehead atoms. The Morgan fingerprint density at radius 1 is 1.25 bits per heavy atom. The second-order valence-corrected chi connectivity index (χ2v) is 6.48. The number of hydrogen-bond donors (Lipinski definition) is 1. The van der Waals surface area contributed by atoms with Gasteiger partial charge in [-0.15, -0.1) is 0 Å². The molecule has 2 aliphatic rings. The first-order valence-electron chi connectivity index (χ1n) is 7.40. The predicted octanol–water partition coefficient (Wildman–Crippen LogP) is 2.48. The van der Waals surface area contributed by atoms with Gasteiger partial charge in [0.1, 0.15) is 0 Å². The van der Waals surface area contributed by atoms with E-state index in [1.807, 2.05) is 29.2 Å². The molecular weight excluding hydrogens is 272 g/mol. The Morgan fingerprint density at radius 2 is 2.00 bits per heavy atom. The van der Waals surface area contributed by atoms with E-state index in [1.54, 1.807) is 0 Å². The number of nitrogens with zero attached hydrogens (tertiary/aromatic N) is 1. The van der Waals surface area contributed by atoms with E-state index >= 15 is 0 Å². The Morgan fingerprint density at radius 3 is 2.65 bits per heavy atom. The average Bonchev–Trinajstić information content (AvgIpc) is 2.90. The topological polar surface area (TPSA) is 32.3 Å². The van der Waals surface area contributed by atoms with Gasteiger partial charge in [0.05, 0.1) is 6.42 Å². The minimum atomic E-state index is 0.207. The molecule has 1 N–H and O–H groups in total. The van der Waals surface area contributed by atoms with E-state index in [0.29, 0.717) is 16.9 Å². The molecule has 0 saturated carbocycles. The lowest BCUT2D eigenvalue weighted by atomic mass is 9.78. The summed E-state index contributed by atoms with van der Waals surface area (Å²) in [6, 6.07) is 7.62. The summed E-state index contributed by atoms with van der Waals surface area (Å²) in [5, 5.41) is 4.14. The van der Waals surface area contributed by atoms with E-state index < -0.39 is 0 Å². The number of nitrogens with one attached hydrogen (secondary N) is 1. The normalized spacial score (nSPS) is 21.4. The molecule has 3 nitrogen and oxygen atoms in total. The van der Waals surface area contributed by atoms with Crippen molar-refractivity contribution in [2.75, 3.05) is 26.2 Å². The van der Waals surface area contributed by atoms with E-state index in [9.17, 15) is 4.79 Å². The molecule has 108 valence electrons. The zero-order chi connectivity index (χ0) is 14.0. The van der Waals surface area contributed by atoms with Crippen LogP contribution in [0.1, 0.15) is 24.8 Å². The monoisotopic (exact) mass is 292 g/mol. The molecule has 1 amide bonds. The fraction of sp³-hybridized carbons (Fsp3) is 0.562. The van der Waals surface area contributed by atoms with Crippen LogP contribution in [0.4, 0.5) is 0 Å². The Bertz CT molecular complexity index is 487. The fourth-order valence-corrected chi connectivity index (χ4v) is 3.57. The van der Waals surface area contributed by atoms with Crippen molar-refractivity contribution >= 4 is 17.5 Å². The molecule has 0 radical (unpaired) electrons. The third-order valence-corrected chi connectivity index (χ3v) is 5.18. The van der Waals surface area contributed by atoms with Gasteiger partial charge >= 0.3 is 0 Å². The van der Waals surface area contributed by atoms with Gasteiger partial charge in [0.15, 0.2) is 0 Å². The molecule has 2 saturated heterocycles. The van der Waals surface area contributed by atoms with Crippen molar-refractivity contribution < 1.29 is 4.79 Å². The fourth-order valence-electron chi connectivity index (χ4n) is 3.37. The van der Waals surface area contributed by atoms with Crippen molar-refractivity contribution in [2.45, 2.75) is 25.7 Å². The van der Waals surface area contributed by atoms with Crippen molar-refractivity contribution in [3.8, 4) is 0 Å². The smallest absolute Gasteiger partial charge is 0.227 e. The standard InChI is InChI=1S/C16H21ClN2O/c17-14-4-2-1-3-13(14)11-15(20)19-9-6-16(7-10-19)5-8-18-12-16/h1-4,18H,5-12H2. The predicted molar refractivity (Wildman–Crippen MR) is 80.9 cm³/mol. The van der Waals surface area contributed by atoms with Crippen LogP contribution in [-0.2, 0) is 11.2 Å². The summed E-state index contributed by atoms with van der Waals surface area (Å²) >= 11 is 6.13. The summed E-state index contributed by atoms with van der Waals surface area (Å²) < 4.78 is 0. The molecule has 1 aromatic carbocycles. The molecule has 2 aliphatic heterocycles. The Labute approximate surface area is 125 Å². The highest BCUT2D eigenvalue weighted by Gasteiger charge is 2.37. The maximum Gasteiger partial charge on any atom is 0.227 e. The average molecular weight is 293 g/mol. The van der Waals surface area contributed by atoms with E-state index in [0.717, 1.165) is 44.6 Å². The number of hydrogen-bond acceptors (Lipinski definition) is 2. The van der Waals surface area contributed by atoms with Gasteiger partial charge in [-0.05, 0) is 42.9 Å². The first-order chi connectivity index (χ1) is 9.69. The van der Waals surface area contributed by atoms with Crippen LogP contribution in [0.5, 0.6) is 0 Å². The Hall–Kier alpha value is -1.06. The molecule has 0 unspecified atom stereocenters. The third-order valence-electron chi connectivity index (χ3n) is 4.81. The van der Waals surface area contributed by atoms with Crippen molar-refractivity contribution in [1.82, 2.24) is 10.2 Å². The van der Waals surface area contributed by atoms with Crippen LogP contribution in [0, 0.1) is 5.41 Å². The Kier molecular flexibility index (Phi) is 3.99. The molecule has 0 atom stereocenters. The van der Waals surface area contributed by atoms with Crippen molar-refractivity contribution in [3.05, 3.63) is 34.9 Å². The summed E-state index contributed by atoms with van der Waals surface area (Å²) in [6.45, 7) is 4.04. The minimum absolute atomic E-state index is 0.207. The van der Waals surface area contributed by atoms with Gasteiger partial charge < -0.3 is 10.2 Å². The van der Waals surface area contributed by atoms with Gasteiger partial charge in [-0.3, -0.25) is 4.79 Å². The largest absolute Gasteiger partial charge is 0.342 e. The number of amides is 1. The van der Waals surface area contributed by atoms with Gasteiger partial charge in [0.2, 0.25) is 5.91 Å². The lowest BCUT2D eigenvalue weighted by molar-refractivity contribution is -0.132. The summed E-state index contributed by atoms with van der Waals surface area (Å²) in [7, 11) is 0. The Balaban J connectivity index is 1.58. The van der Waals surface area contributed by atoms with Crippen molar-refractivity contribution in [3.63, 3.8) is 0 Å². The molecule has 3 rings (SSSR count). The van der Waals surface area contributed by atoms with Crippen LogP contribution in [-0.4, -0.2) is 37.0 Å². The van der Waals surface area contributed by atoms with Gasteiger partial charge in [0.25, 0.3) is 0 Å². The molecule has 20 heavy (non-hydrogen) atoms. The SMILES string of the molecule is O=C(Cc1ccccc1Cl)N1CCC2(CCNC2)CC1. The number of carbonyl (C=O) groups is 1. The van der Waals surface area contributed by atoms with Gasteiger partial charge in [-0.2, -0.15) is 0 Å². The highest BCUT2D eigenvalue weighted by atomic mass is 35.5. The summed E-state index contributed by atoms with van der Waals surface area (Å²) in [5.41, 5.74) is 1.39. The second kappa shape index (κ2) is 5.74. The highest BCUT2D eigenvalue weighted by Crippen LogP contribution is 2.37. The molecule has 0 aliphatic carbocycles. The quantitative estimate of drug-likeness (QED) is 0.908. The summed E-state index contributed by atoms with van der Waals surface area (Å²) in [5.74, 6) is 0.207. The van der Waals surface area contributed by atoms with E-state index in [-0.39, 0.29) is 5.91 Å². The van der Waals surface area contributed by atoms with Crippen LogP contribution in [0.3, 0.4) is 0 Å². The maximum atomic E-state index is 12.4. The van der Waals surface area contributed by atoms with E-state index in [2.05, 4.69) is 5.32 Å². The van der Waals surface area contributed by atoms with Crippen molar-refractivity contribution in [1.29, 1.82) is 0 Å². The van der Waals surface area contributed by atoms with Crippen LogP contribution < -0.4 is 5.32 Å². The first kappa shape index (κ1) is 13.9. The molecule has 1 spiro atoms. The number of piperidine rings is 1. The van der Waals surface area contributed by atoms with Crippen LogP contribution in [0.2, 0.25) is 5.02 Å². The zero-order valence-corrected chi connectivity index (χ0v) is 12.5. The second-order valence-electron chi connectivity index (χ2n) is 6.08. The van der Waals surface area contributed by atoms with Crippen LogP contribution in [0.15, 0.2) is 24.3 Å². The van der Waals surface area contributed by atoms with E-state index in [4.69, 9.17) is 11.6 Å². The van der Waals surface area contributed by atoms with E-state index in [1.165, 1.54) is 6.42 Å². The molecule has 2 heterocycles. The first-order valence-corrected chi connectivity index (χ1v) is 7.78. The third kappa shape index (κ3) is 2.84. The number of benzene rings is 1. The summed E-state index contributed by atoms with van der Waals surface area (Å²) in [4.78, 5) is 14.4. The molecule has 0 aromatic heterocycles. The molecular formula is C16H21ClN2O. The lowest BCUT2D eigenvalue weighted by Crippen LogP contribution is -2.44. The lowest BCUT2D eigenvalue weighted by Gasteiger charge is -2.39. The number of likely N-dealkylation sites (tertiary alicyclic amines) is 1. The van der Waals surface area contributed by atoms with Gasteiger partial charge in [-0.1, -0.05) is 29.8 Å². The van der Waals surface area contributed by atoms with Crippen molar-refractivity contribution in [2.24, 2.45) is 5.41 Å². The minimum Gasteiger partial charge on any atom is -0.342 e. The number of carbonyl (C=O) groups excluding carboxylic acids is 1. The summed E-state index contributed by atoms with van der Waals surface area (Å²) in [6.07, 6.45) is 3.95. The maximum absolute atomic E-state index is 12.4. The van der Waals surface area contributed by atoms with Gasteiger partial charge in [0, 0.05) is 24.7 Å². The molecule has 1 aromatic rings. The molecule has 2 fully saturated rings. The highest BCUT2D eigenvalue weighted by molar-refractivity contribution is 6.31. The molecule has 4 heteroatoms. The number of halogens is 1.